The van der Waals surface area contributed by atoms with E-state index in [4.69, 9.17) is 5.73 Å². The first-order chi connectivity index (χ1) is 13.8. The monoisotopic (exact) mass is 418 g/mol. The van der Waals surface area contributed by atoms with Crippen LogP contribution in [0.25, 0.3) is 0 Å². The van der Waals surface area contributed by atoms with E-state index < -0.39 is 10.0 Å². The zero-order valence-electron chi connectivity index (χ0n) is 17.3. The quantitative estimate of drug-likeness (QED) is 0.712. The van der Waals surface area contributed by atoms with Crippen LogP contribution >= 0.6 is 0 Å². The largest absolute Gasteiger partial charge is 0.382 e. The number of anilines is 3. The SMILES string of the molecule is CCCN1CCN(c2ncc(NS(=O)(=O)c3ccc(C(C)C)cc3)c(N)n2)CC1. The highest BCUT2D eigenvalue weighted by Gasteiger charge is 2.21. The third-order valence-corrected chi connectivity index (χ3v) is 6.48. The maximum absolute atomic E-state index is 12.7. The van der Waals surface area contributed by atoms with Gasteiger partial charge < -0.3 is 10.6 Å². The van der Waals surface area contributed by atoms with Gasteiger partial charge in [0, 0.05) is 26.2 Å². The Hall–Kier alpha value is -2.39. The van der Waals surface area contributed by atoms with Crippen LogP contribution in [0.5, 0.6) is 0 Å². The molecule has 0 spiro atoms. The van der Waals surface area contributed by atoms with Gasteiger partial charge in [0.1, 0.15) is 5.69 Å². The standard InChI is InChI=1S/C20H30N6O2S/c1-4-9-25-10-12-26(13-11-25)20-22-14-18(19(21)23-20)24-29(27,28)17-7-5-16(6-8-17)15(2)3/h5-8,14-15,24H,4,9-13H2,1-3H3,(H2,21,22,23). The smallest absolute Gasteiger partial charge is 0.262 e. The van der Waals surface area contributed by atoms with Gasteiger partial charge in [-0.25, -0.2) is 13.4 Å². The Morgan fingerprint density at radius 2 is 1.79 bits per heavy atom. The summed E-state index contributed by atoms with van der Waals surface area (Å²) in [5.41, 5.74) is 7.30. The number of sulfonamides is 1. The molecule has 3 N–H and O–H groups in total. The second-order valence-corrected chi connectivity index (χ2v) is 9.31. The molecule has 9 heteroatoms. The van der Waals surface area contributed by atoms with Crippen molar-refractivity contribution in [1.29, 1.82) is 0 Å². The van der Waals surface area contributed by atoms with Crippen LogP contribution in [0.1, 0.15) is 38.7 Å². The van der Waals surface area contributed by atoms with Crippen LogP contribution in [0.4, 0.5) is 17.5 Å². The highest BCUT2D eigenvalue weighted by atomic mass is 32.2. The third kappa shape index (κ3) is 5.16. The van der Waals surface area contributed by atoms with Crippen LogP contribution < -0.4 is 15.4 Å². The molecule has 1 aromatic carbocycles. The summed E-state index contributed by atoms with van der Waals surface area (Å²) < 4.78 is 27.9. The molecule has 0 unspecified atom stereocenters. The second-order valence-electron chi connectivity index (χ2n) is 7.63. The molecule has 1 aromatic heterocycles. The molecule has 1 aliphatic heterocycles. The van der Waals surface area contributed by atoms with Gasteiger partial charge in [-0.3, -0.25) is 9.62 Å². The van der Waals surface area contributed by atoms with Crippen LogP contribution in [0.3, 0.4) is 0 Å². The van der Waals surface area contributed by atoms with Gasteiger partial charge in [-0.05, 0) is 36.6 Å². The second kappa shape index (κ2) is 8.96. The number of hydrogen-bond acceptors (Lipinski definition) is 7. The van der Waals surface area contributed by atoms with Crippen LogP contribution in [0, 0.1) is 0 Å². The molecule has 0 aliphatic carbocycles. The maximum atomic E-state index is 12.7. The molecule has 0 saturated carbocycles. The van der Waals surface area contributed by atoms with E-state index in [1.807, 2.05) is 12.1 Å². The molecule has 1 fully saturated rings. The summed E-state index contributed by atoms with van der Waals surface area (Å²) in [6.45, 7) is 11.0. The van der Waals surface area contributed by atoms with Crippen molar-refractivity contribution >= 4 is 27.5 Å². The summed E-state index contributed by atoms with van der Waals surface area (Å²) >= 11 is 0. The van der Waals surface area contributed by atoms with E-state index in [0.717, 1.165) is 44.7 Å². The van der Waals surface area contributed by atoms with E-state index in [1.165, 1.54) is 6.20 Å². The molecule has 8 nitrogen and oxygen atoms in total. The number of piperazine rings is 1. The first kappa shape index (κ1) is 21.3. The first-order valence-corrected chi connectivity index (χ1v) is 11.5. The third-order valence-electron chi connectivity index (χ3n) is 5.10. The normalized spacial score (nSPS) is 15.7. The van der Waals surface area contributed by atoms with Crippen LogP contribution in [-0.4, -0.2) is 56.0 Å². The molecular weight excluding hydrogens is 388 g/mol. The minimum Gasteiger partial charge on any atom is -0.382 e. The Morgan fingerprint density at radius 3 is 2.34 bits per heavy atom. The average molecular weight is 419 g/mol. The Labute approximate surface area is 173 Å². The van der Waals surface area contributed by atoms with E-state index in [-0.39, 0.29) is 16.4 Å². The summed E-state index contributed by atoms with van der Waals surface area (Å²) in [6, 6.07) is 6.83. The molecule has 1 aliphatic rings. The van der Waals surface area contributed by atoms with Gasteiger partial charge in [-0.2, -0.15) is 4.98 Å². The molecule has 158 valence electrons. The van der Waals surface area contributed by atoms with Crippen molar-refractivity contribution in [3.05, 3.63) is 36.0 Å². The predicted molar refractivity (Wildman–Crippen MR) is 117 cm³/mol. The van der Waals surface area contributed by atoms with Gasteiger partial charge >= 0.3 is 0 Å². The van der Waals surface area contributed by atoms with Crippen molar-refractivity contribution in [1.82, 2.24) is 14.9 Å². The Morgan fingerprint density at radius 1 is 1.14 bits per heavy atom. The minimum atomic E-state index is -3.76. The molecule has 0 atom stereocenters. The lowest BCUT2D eigenvalue weighted by Gasteiger charge is -2.34. The van der Waals surface area contributed by atoms with E-state index in [2.05, 4.69) is 45.3 Å². The van der Waals surface area contributed by atoms with Crippen molar-refractivity contribution in [2.24, 2.45) is 0 Å². The summed E-state index contributed by atoms with van der Waals surface area (Å²) in [5.74, 6) is 0.983. The predicted octanol–water partition coefficient (Wildman–Crippen LogP) is 2.52. The molecular formula is C20H30N6O2S. The topological polar surface area (TPSA) is 104 Å². The first-order valence-electron chi connectivity index (χ1n) is 10.0. The van der Waals surface area contributed by atoms with Gasteiger partial charge in [0.25, 0.3) is 10.0 Å². The number of nitrogens with zero attached hydrogens (tertiary/aromatic N) is 4. The fourth-order valence-corrected chi connectivity index (χ4v) is 4.40. The van der Waals surface area contributed by atoms with E-state index in [9.17, 15) is 8.42 Å². The van der Waals surface area contributed by atoms with E-state index in [1.54, 1.807) is 12.1 Å². The number of aromatic nitrogens is 2. The summed E-state index contributed by atoms with van der Waals surface area (Å²) in [7, 11) is -3.76. The van der Waals surface area contributed by atoms with Gasteiger partial charge in [-0.1, -0.05) is 32.9 Å². The van der Waals surface area contributed by atoms with Crippen molar-refractivity contribution in [3.8, 4) is 0 Å². The van der Waals surface area contributed by atoms with Crippen LogP contribution in [0.2, 0.25) is 0 Å². The van der Waals surface area contributed by atoms with Gasteiger partial charge in [0.15, 0.2) is 5.82 Å². The maximum Gasteiger partial charge on any atom is 0.262 e. The van der Waals surface area contributed by atoms with Crippen molar-refractivity contribution < 1.29 is 8.42 Å². The molecule has 2 aromatic rings. The molecule has 2 heterocycles. The molecule has 3 rings (SSSR count). The average Bonchev–Trinajstić information content (AvgIpc) is 2.70. The van der Waals surface area contributed by atoms with Crippen molar-refractivity contribution in [2.45, 2.75) is 38.0 Å². The zero-order chi connectivity index (χ0) is 21.0. The number of benzene rings is 1. The number of hydrogen-bond donors (Lipinski definition) is 2. The molecule has 1 saturated heterocycles. The Balaban J connectivity index is 1.70. The van der Waals surface area contributed by atoms with Crippen molar-refractivity contribution in [3.63, 3.8) is 0 Å². The lowest BCUT2D eigenvalue weighted by Crippen LogP contribution is -2.47. The fraction of sp³-hybridized carbons (Fsp3) is 0.500. The van der Waals surface area contributed by atoms with Gasteiger partial charge in [0.05, 0.1) is 11.1 Å². The number of nitrogens with two attached hydrogens (primary N) is 1. The number of rotatable bonds is 7. The lowest BCUT2D eigenvalue weighted by atomic mass is 10.0. The molecule has 0 radical (unpaired) electrons. The van der Waals surface area contributed by atoms with Crippen LogP contribution in [0.15, 0.2) is 35.4 Å². The van der Waals surface area contributed by atoms with Gasteiger partial charge in [-0.15, -0.1) is 0 Å². The van der Waals surface area contributed by atoms with Gasteiger partial charge in [0.2, 0.25) is 5.95 Å². The summed E-state index contributed by atoms with van der Waals surface area (Å²) in [4.78, 5) is 13.3. The summed E-state index contributed by atoms with van der Waals surface area (Å²) in [6.07, 6.45) is 2.58. The lowest BCUT2D eigenvalue weighted by molar-refractivity contribution is 0.257. The zero-order valence-corrected chi connectivity index (χ0v) is 18.1. The summed E-state index contributed by atoms with van der Waals surface area (Å²) in [5, 5.41) is 0. The molecule has 0 bridgehead atoms. The Bertz CT molecular complexity index is 922. The number of nitrogens with one attached hydrogen (secondary N) is 1. The number of nitrogen functional groups attached to an aromatic ring is 1. The molecule has 29 heavy (non-hydrogen) atoms. The minimum absolute atomic E-state index is 0.119. The van der Waals surface area contributed by atoms with E-state index >= 15 is 0 Å². The molecule has 0 amide bonds. The van der Waals surface area contributed by atoms with Crippen molar-refractivity contribution in [2.75, 3.05) is 48.1 Å². The fourth-order valence-electron chi connectivity index (χ4n) is 3.34. The van der Waals surface area contributed by atoms with Crippen LogP contribution in [-0.2, 0) is 10.0 Å². The van der Waals surface area contributed by atoms with E-state index in [0.29, 0.717) is 11.9 Å². The highest BCUT2D eigenvalue weighted by Crippen LogP contribution is 2.24. The highest BCUT2D eigenvalue weighted by molar-refractivity contribution is 7.92. The Kier molecular flexibility index (Phi) is 6.59.